The fraction of sp³-hybridized carbons (Fsp3) is 0.182. The van der Waals surface area contributed by atoms with Gasteiger partial charge in [-0.15, -0.1) is 0 Å². The van der Waals surface area contributed by atoms with Crippen LogP contribution in [0.3, 0.4) is 0 Å². The monoisotopic (exact) mass is 313 g/mol. The van der Waals surface area contributed by atoms with Crippen molar-refractivity contribution in [2.75, 3.05) is 0 Å². The van der Waals surface area contributed by atoms with Crippen LogP contribution in [-0.4, -0.2) is 17.8 Å². The molecule has 0 unspecified atom stereocenters. The van der Waals surface area contributed by atoms with E-state index in [1.807, 2.05) is 0 Å². The zero-order valence-electron chi connectivity index (χ0n) is 9.23. The first-order valence-corrected chi connectivity index (χ1v) is 5.83. The molecule has 18 heavy (non-hydrogen) atoms. The molecule has 6 nitrogen and oxygen atoms in total. The third-order valence-electron chi connectivity index (χ3n) is 1.98. The Morgan fingerprint density at radius 1 is 1.06 bits per heavy atom. The van der Waals surface area contributed by atoms with E-state index in [0.717, 1.165) is 4.47 Å². The Morgan fingerprint density at radius 2 is 1.67 bits per heavy atom. The second-order valence-corrected chi connectivity index (χ2v) is 4.30. The Bertz CT molecular complexity index is 459. The van der Waals surface area contributed by atoms with E-state index in [9.17, 15) is 19.5 Å². The average molecular weight is 314 g/mol. The first-order valence-electron chi connectivity index (χ1n) is 5.03. The SMILES string of the molecule is O=C([O-])CCC(=O)NNC(=O)c1ccc(Br)cc1. The highest BCUT2D eigenvalue weighted by Crippen LogP contribution is 2.09. The molecule has 0 aliphatic carbocycles. The maximum Gasteiger partial charge on any atom is 0.269 e. The van der Waals surface area contributed by atoms with Gasteiger partial charge < -0.3 is 9.90 Å². The maximum atomic E-state index is 11.5. The van der Waals surface area contributed by atoms with Gasteiger partial charge in [-0.3, -0.25) is 20.4 Å². The largest absolute Gasteiger partial charge is 0.550 e. The number of nitrogens with one attached hydrogen (secondary N) is 2. The van der Waals surface area contributed by atoms with Crippen molar-refractivity contribution in [3.63, 3.8) is 0 Å². The Kier molecular flexibility index (Phi) is 5.31. The van der Waals surface area contributed by atoms with Crippen molar-refractivity contribution >= 4 is 33.7 Å². The summed E-state index contributed by atoms with van der Waals surface area (Å²) < 4.78 is 0.831. The van der Waals surface area contributed by atoms with Crippen LogP contribution in [-0.2, 0) is 9.59 Å². The molecule has 0 aromatic heterocycles. The predicted molar refractivity (Wildman–Crippen MR) is 64.0 cm³/mol. The molecule has 1 aromatic carbocycles. The molecule has 1 rings (SSSR count). The van der Waals surface area contributed by atoms with Crippen molar-refractivity contribution in [1.82, 2.24) is 10.9 Å². The molecule has 0 atom stereocenters. The van der Waals surface area contributed by atoms with E-state index in [0.29, 0.717) is 5.56 Å². The molecule has 0 aliphatic heterocycles. The van der Waals surface area contributed by atoms with E-state index in [1.165, 1.54) is 0 Å². The summed E-state index contributed by atoms with van der Waals surface area (Å²) in [6.45, 7) is 0. The number of halogens is 1. The number of carbonyl (C=O) groups excluding carboxylic acids is 3. The van der Waals surface area contributed by atoms with Crippen LogP contribution in [0, 0.1) is 0 Å². The molecule has 96 valence electrons. The van der Waals surface area contributed by atoms with Crippen molar-refractivity contribution in [2.24, 2.45) is 0 Å². The molecule has 0 aliphatic rings. The highest BCUT2D eigenvalue weighted by atomic mass is 79.9. The predicted octanol–water partition coefficient (Wildman–Crippen LogP) is -0.260. The van der Waals surface area contributed by atoms with Gasteiger partial charge in [-0.25, -0.2) is 0 Å². The lowest BCUT2D eigenvalue weighted by Gasteiger charge is -2.07. The molecule has 1 aromatic rings. The molecule has 0 radical (unpaired) electrons. The highest BCUT2D eigenvalue weighted by Gasteiger charge is 2.06. The Labute approximate surface area is 111 Å². The molecule has 2 N–H and O–H groups in total. The third-order valence-corrected chi connectivity index (χ3v) is 2.51. The minimum absolute atomic E-state index is 0.247. The van der Waals surface area contributed by atoms with E-state index in [4.69, 9.17) is 0 Å². The van der Waals surface area contributed by atoms with Crippen LogP contribution in [0.1, 0.15) is 23.2 Å². The number of benzene rings is 1. The molecule has 0 saturated heterocycles. The summed E-state index contributed by atoms with van der Waals surface area (Å²) in [5.41, 5.74) is 4.66. The molecule has 0 saturated carbocycles. The van der Waals surface area contributed by atoms with Crippen LogP contribution in [0.2, 0.25) is 0 Å². The first kappa shape index (κ1) is 14.2. The zero-order valence-corrected chi connectivity index (χ0v) is 10.8. The lowest BCUT2D eigenvalue weighted by molar-refractivity contribution is -0.305. The number of hydrogen-bond donors (Lipinski definition) is 2. The zero-order chi connectivity index (χ0) is 13.5. The van der Waals surface area contributed by atoms with E-state index in [1.54, 1.807) is 24.3 Å². The summed E-state index contributed by atoms with van der Waals surface area (Å²) in [6, 6.07) is 6.53. The second kappa shape index (κ2) is 6.75. The number of carbonyl (C=O) groups is 3. The van der Waals surface area contributed by atoms with E-state index in [-0.39, 0.29) is 12.8 Å². The molecular weight excluding hydrogens is 304 g/mol. The summed E-state index contributed by atoms with van der Waals surface area (Å²) in [5.74, 6) is -2.39. The number of hydrazine groups is 1. The molecule has 7 heteroatoms. The van der Waals surface area contributed by atoms with Gasteiger partial charge >= 0.3 is 0 Å². The number of amides is 2. The van der Waals surface area contributed by atoms with E-state index >= 15 is 0 Å². The molecule has 0 bridgehead atoms. The summed E-state index contributed by atoms with van der Waals surface area (Å²) >= 11 is 3.23. The minimum Gasteiger partial charge on any atom is -0.550 e. The van der Waals surface area contributed by atoms with Crippen LogP contribution in [0.4, 0.5) is 0 Å². The number of carboxylic acids is 1. The highest BCUT2D eigenvalue weighted by molar-refractivity contribution is 9.10. The molecule has 2 amide bonds. The fourth-order valence-electron chi connectivity index (χ4n) is 1.08. The van der Waals surface area contributed by atoms with Gasteiger partial charge in [0.15, 0.2) is 0 Å². The average Bonchev–Trinajstić information content (AvgIpc) is 2.34. The van der Waals surface area contributed by atoms with Crippen LogP contribution < -0.4 is 16.0 Å². The van der Waals surface area contributed by atoms with Gasteiger partial charge in [0.2, 0.25) is 5.91 Å². The lowest BCUT2D eigenvalue weighted by atomic mass is 10.2. The number of hydrogen-bond acceptors (Lipinski definition) is 4. The van der Waals surface area contributed by atoms with Gasteiger partial charge in [-0.1, -0.05) is 15.9 Å². The summed E-state index contributed by atoms with van der Waals surface area (Å²) in [4.78, 5) is 32.8. The first-order chi connectivity index (χ1) is 8.49. The number of rotatable bonds is 4. The molecule has 0 spiro atoms. The maximum absolute atomic E-state index is 11.5. The smallest absolute Gasteiger partial charge is 0.269 e. The van der Waals surface area contributed by atoms with Gasteiger partial charge in [0.05, 0.1) is 0 Å². The van der Waals surface area contributed by atoms with Crippen LogP contribution in [0.5, 0.6) is 0 Å². The van der Waals surface area contributed by atoms with Gasteiger partial charge in [0.25, 0.3) is 5.91 Å². The van der Waals surface area contributed by atoms with E-state index in [2.05, 4.69) is 26.8 Å². The molecule has 0 heterocycles. The van der Waals surface area contributed by atoms with Gasteiger partial charge in [0.1, 0.15) is 0 Å². The van der Waals surface area contributed by atoms with Crippen molar-refractivity contribution in [3.8, 4) is 0 Å². The Balaban J connectivity index is 2.39. The quantitative estimate of drug-likeness (QED) is 0.748. The van der Waals surface area contributed by atoms with Crippen LogP contribution in [0.15, 0.2) is 28.7 Å². The Hall–Kier alpha value is -1.89. The summed E-state index contributed by atoms with van der Waals surface area (Å²) in [7, 11) is 0. The van der Waals surface area contributed by atoms with Crippen molar-refractivity contribution in [3.05, 3.63) is 34.3 Å². The van der Waals surface area contributed by atoms with Crippen molar-refractivity contribution in [1.29, 1.82) is 0 Å². The normalized spacial score (nSPS) is 9.61. The van der Waals surface area contributed by atoms with Crippen molar-refractivity contribution < 1.29 is 19.5 Å². The van der Waals surface area contributed by atoms with Gasteiger partial charge in [0, 0.05) is 22.4 Å². The summed E-state index contributed by atoms with van der Waals surface area (Å²) in [5, 5.41) is 10.1. The van der Waals surface area contributed by atoms with Crippen LogP contribution in [0.25, 0.3) is 0 Å². The standard InChI is InChI=1S/C11H11BrN2O4/c12-8-3-1-7(2-4-8)11(18)14-13-9(15)5-6-10(16)17/h1-4H,5-6H2,(H,13,15)(H,14,18)(H,16,17)/p-1. The van der Waals surface area contributed by atoms with Gasteiger partial charge in [-0.2, -0.15) is 0 Å². The molecular formula is C11H10BrN2O4-. The Morgan fingerprint density at radius 3 is 2.22 bits per heavy atom. The van der Waals surface area contributed by atoms with E-state index < -0.39 is 17.8 Å². The minimum atomic E-state index is -1.32. The topological polar surface area (TPSA) is 98.3 Å². The lowest BCUT2D eigenvalue weighted by Crippen LogP contribution is -2.42. The molecule has 0 fully saturated rings. The van der Waals surface area contributed by atoms with Crippen molar-refractivity contribution in [2.45, 2.75) is 12.8 Å². The second-order valence-electron chi connectivity index (χ2n) is 3.38. The fourth-order valence-corrected chi connectivity index (χ4v) is 1.34. The number of carboxylic acid groups (broad SMARTS) is 1. The van der Waals surface area contributed by atoms with Gasteiger partial charge in [-0.05, 0) is 30.7 Å². The summed E-state index contributed by atoms with van der Waals surface area (Å²) in [6.07, 6.45) is -0.636. The third kappa shape index (κ3) is 4.96. The number of aliphatic carboxylic acids is 1. The van der Waals surface area contributed by atoms with Crippen LogP contribution >= 0.6 is 15.9 Å².